The van der Waals surface area contributed by atoms with Crippen LogP contribution in [0.3, 0.4) is 0 Å². The normalized spacial score (nSPS) is 11.6. The van der Waals surface area contributed by atoms with E-state index in [1.165, 1.54) is 54.7 Å². The zero-order valence-corrected chi connectivity index (χ0v) is 20.2. The van der Waals surface area contributed by atoms with Crippen molar-refractivity contribution in [3.8, 4) is 0 Å². The van der Waals surface area contributed by atoms with E-state index in [-0.39, 0.29) is 27.1 Å². The SMILES string of the molecule is CS(=O)(=O)N(CC(=O)Nc1ccc(S(=O)(=O)Nc2ccccn2)cc1)c1ccc(Cl)cc1Cl. The fourth-order valence-corrected chi connectivity index (χ4v) is 5.17. The van der Waals surface area contributed by atoms with E-state index >= 15 is 0 Å². The van der Waals surface area contributed by atoms with Crippen molar-refractivity contribution in [3.63, 3.8) is 0 Å². The molecule has 0 spiro atoms. The van der Waals surface area contributed by atoms with Crippen LogP contribution in [-0.2, 0) is 24.8 Å². The third kappa shape index (κ3) is 6.57. The van der Waals surface area contributed by atoms with Crippen LogP contribution in [0.15, 0.2) is 71.8 Å². The third-order valence-corrected chi connectivity index (χ3v) is 7.25. The predicted molar refractivity (Wildman–Crippen MR) is 129 cm³/mol. The number of aromatic nitrogens is 1. The van der Waals surface area contributed by atoms with Crippen LogP contribution in [0, 0.1) is 0 Å². The molecule has 0 bridgehead atoms. The Morgan fingerprint density at radius 2 is 1.70 bits per heavy atom. The summed E-state index contributed by atoms with van der Waals surface area (Å²) in [5, 5.41) is 2.91. The Hall–Kier alpha value is -2.86. The van der Waals surface area contributed by atoms with Crippen LogP contribution >= 0.6 is 23.2 Å². The molecule has 0 unspecified atom stereocenters. The van der Waals surface area contributed by atoms with Gasteiger partial charge >= 0.3 is 0 Å². The number of carbonyl (C=O) groups excluding carboxylic acids is 1. The van der Waals surface area contributed by atoms with Gasteiger partial charge in [0.1, 0.15) is 12.4 Å². The molecule has 13 heteroatoms. The Bertz CT molecular complexity index is 1370. The van der Waals surface area contributed by atoms with Crippen molar-refractivity contribution < 1.29 is 21.6 Å². The van der Waals surface area contributed by atoms with Crippen molar-refractivity contribution in [1.82, 2.24) is 4.98 Å². The average molecular weight is 529 g/mol. The van der Waals surface area contributed by atoms with Crippen molar-refractivity contribution >= 4 is 66.3 Å². The van der Waals surface area contributed by atoms with E-state index in [1.54, 1.807) is 12.1 Å². The van der Waals surface area contributed by atoms with E-state index in [1.807, 2.05) is 0 Å². The first-order valence-electron chi connectivity index (χ1n) is 9.22. The zero-order chi connectivity index (χ0) is 24.2. The number of nitrogens with one attached hydrogen (secondary N) is 2. The summed E-state index contributed by atoms with van der Waals surface area (Å²) in [4.78, 5) is 16.4. The van der Waals surface area contributed by atoms with Crippen LogP contribution in [0.25, 0.3) is 0 Å². The van der Waals surface area contributed by atoms with Crippen molar-refractivity contribution in [2.75, 3.05) is 27.1 Å². The maximum Gasteiger partial charge on any atom is 0.263 e. The Morgan fingerprint density at radius 3 is 2.27 bits per heavy atom. The highest BCUT2D eigenvalue weighted by molar-refractivity contribution is 7.92. The molecule has 0 aliphatic heterocycles. The summed E-state index contributed by atoms with van der Waals surface area (Å²) in [5.74, 6) is -0.495. The number of carbonyl (C=O) groups is 1. The zero-order valence-electron chi connectivity index (χ0n) is 17.1. The summed E-state index contributed by atoms with van der Waals surface area (Å²) in [6.45, 7) is -0.554. The molecule has 1 heterocycles. The number of hydrogen-bond acceptors (Lipinski definition) is 6. The summed E-state index contributed by atoms with van der Waals surface area (Å²) in [5.41, 5.74) is 0.369. The molecule has 9 nitrogen and oxygen atoms in total. The lowest BCUT2D eigenvalue weighted by Crippen LogP contribution is -2.37. The van der Waals surface area contributed by atoms with Gasteiger partial charge in [0.15, 0.2) is 0 Å². The average Bonchev–Trinajstić information content (AvgIpc) is 2.72. The molecule has 3 rings (SSSR count). The van der Waals surface area contributed by atoms with E-state index in [9.17, 15) is 21.6 Å². The standard InChI is InChI=1S/C20H18Cl2N4O5S2/c1-32(28,29)26(18-10-5-14(21)12-17(18)22)13-20(27)24-15-6-8-16(9-7-15)33(30,31)25-19-4-2-3-11-23-19/h2-12H,13H2,1H3,(H,23,25)(H,24,27). The predicted octanol–water partition coefficient (Wildman–Crippen LogP) is 3.59. The Balaban J connectivity index is 1.73. The van der Waals surface area contributed by atoms with Gasteiger partial charge in [-0.3, -0.25) is 13.8 Å². The maximum atomic E-state index is 12.5. The minimum absolute atomic E-state index is 0.0446. The van der Waals surface area contributed by atoms with Crippen LogP contribution in [-0.4, -0.2) is 40.5 Å². The molecule has 174 valence electrons. The summed E-state index contributed by atoms with van der Waals surface area (Å²) < 4.78 is 52.6. The van der Waals surface area contributed by atoms with Crippen LogP contribution in [0.5, 0.6) is 0 Å². The fourth-order valence-electron chi connectivity index (χ4n) is 2.73. The van der Waals surface area contributed by atoms with Crippen molar-refractivity contribution in [3.05, 3.63) is 76.9 Å². The molecule has 0 saturated heterocycles. The molecule has 0 atom stereocenters. The monoisotopic (exact) mass is 528 g/mol. The largest absolute Gasteiger partial charge is 0.325 e. The summed E-state index contributed by atoms with van der Waals surface area (Å²) in [7, 11) is -7.72. The second-order valence-corrected chi connectivity index (χ2v) is 11.2. The molecule has 0 fully saturated rings. The number of anilines is 3. The first-order valence-corrected chi connectivity index (χ1v) is 13.3. The minimum Gasteiger partial charge on any atom is -0.325 e. The van der Waals surface area contributed by atoms with E-state index in [0.717, 1.165) is 10.6 Å². The second kappa shape index (κ2) is 9.96. The Kier molecular flexibility index (Phi) is 7.48. The molecular formula is C20H18Cl2N4O5S2. The number of amides is 1. The number of sulfonamides is 2. The molecule has 1 amide bonds. The van der Waals surface area contributed by atoms with Crippen LogP contribution < -0.4 is 14.3 Å². The van der Waals surface area contributed by atoms with Gasteiger partial charge in [0.05, 0.1) is 21.9 Å². The van der Waals surface area contributed by atoms with Crippen LogP contribution in [0.2, 0.25) is 10.0 Å². The molecular weight excluding hydrogens is 511 g/mol. The van der Waals surface area contributed by atoms with Crippen molar-refractivity contribution in [2.45, 2.75) is 4.90 Å². The third-order valence-electron chi connectivity index (χ3n) is 4.22. The van der Waals surface area contributed by atoms with Gasteiger partial charge in [0, 0.05) is 16.9 Å². The highest BCUT2D eigenvalue weighted by atomic mass is 35.5. The summed E-state index contributed by atoms with van der Waals surface area (Å²) in [6, 6.07) is 14.4. The highest BCUT2D eigenvalue weighted by Crippen LogP contribution is 2.30. The van der Waals surface area contributed by atoms with E-state index < -0.39 is 32.5 Å². The fraction of sp³-hybridized carbons (Fsp3) is 0.100. The maximum absolute atomic E-state index is 12.5. The molecule has 2 aromatic carbocycles. The Morgan fingerprint density at radius 1 is 1.00 bits per heavy atom. The van der Waals surface area contributed by atoms with Gasteiger partial charge in [-0.2, -0.15) is 0 Å². The van der Waals surface area contributed by atoms with Crippen molar-refractivity contribution in [2.24, 2.45) is 0 Å². The molecule has 0 aliphatic rings. The number of pyridine rings is 1. The smallest absolute Gasteiger partial charge is 0.263 e. The lowest BCUT2D eigenvalue weighted by Gasteiger charge is -2.23. The topological polar surface area (TPSA) is 126 Å². The number of halogens is 2. The van der Waals surface area contributed by atoms with Crippen LogP contribution in [0.4, 0.5) is 17.2 Å². The lowest BCUT2D eigenvalue weighted by molar-refractivity contribution is -0.114. The number of benzene rings is 2. The van der Waals surface area contributed by atoms with E-state index in [0.29, 0.717) is 5.02 Å². The molecule has 33 heavy (non-hydrogen) atoms. The molecule has 0 radical (unpaired) electrons. The summed E-state index contributed by atoms with van der Waals surface area (Å²) in [6.07, 6.45) is 2.40. The molecule has 2 N–H and O–H groups in total. The van der Waals surface area contributed by atoms with Gasteiger partial charge in [0.2, 0.25) is 15.9 Å². The molecule has 0 aliphatic carbocycles. The first-order chi connectivity index (χ1) is 15.5. The van der Waals surface area contributed by atoms with Gasteiger partial charge in [-0.1, -0.05) is 29.3 Å². The summed E-state index contributed by atoms with van der Waals surface area (Å²) >= 11 is 12.0. The molecule has 0 saturated carbocycles. The molecule has 1 aromatic heterocycles. The van der Waals surface area contributed by atoms with Crippen LogP contribution in [0.1, 0.15) is 0 Å². The number of rotatable bonds is 8. The minimum atomic E-state index is -3.88. The van der Waals surface area contributed by atoms with Gasteiger partial charge in [-0.25, -0.2) is 21.8 Å². The quantitative estimate of drug-likeness (QED) is 0.460. The van der Waals surface area contributed by atoms with E-state index in [4.69, 9.17) is 23.2 Å². The van der Waals surface area contributed by atoms with Gasteiger partial charge < -0.3 is 5.32 Å². The van der Waals surface area contributed by atoms with Gasteiger partial charge in [-0.15, -0.1) is 0 Å². The lowest BCUT2D eigenvalue weighted by atomic mass is 10.3. The van der Waals surface area contributed by atoms with Gasteiger partial charge in [-0.05, 0) is 54.6 Å². The number of nitrogens with zero attached hydrogens (tertiary/aromatic N) is 2. The highest BCUT2D eigenvalue weighted by Gasteiger charge is 2.23. The van der Waals surface area contributed by atoms with E-state index in [2.05, 4.69) is 15.0 Å². The first kappa shape index (κ1) is 24.8. The Labute approximate surface area is 201 Å². The second-order valence-electron chi connectivity index (χ2n) is 6.76. The van der Waals surface area contributed by atoms with Gasteiger partial charge in [0.25, 0.3) is 10.0 Å². The number of hydrogen-bond donors (Lipinski definition) is 2. The molecule has 3 aromatic rings. The van der Waals surface area contributed by atoms with Crippen molar-refractivity contribution in [1.29, 1.82) is 0 Å².